The molecule has 1 N–H and O–H groups in total. The highest BCUT2D eigenvalue weighted by Gasteiger charge is 2.13. The topological polar surface area (TPSA) is 44.8 Å². The van der Waals surface area contributed by atoms with Gasteiger partial charge in [0.25, 0.3) is 0 Å². The average molecular weight is 277 g/mol. The van der Waals surface area contributed by atoms with E-state index in [9.17, 15) is 4.79 Å². The minimum Gasteiger partial charge on any atom is -0.375 e. The molecule has 0 aliphatic carbocycles. The molecule has 1 aliphatic rings. The molecule has 1 aromatic carbocycles. The van der Waals surface area contributed by atoms with Crippen molar-refractivity contribution in [2.45, 2.75) is 6.54 Å². The van der Waals surface area contributed by atoms with Crippen molar-refractivity contribution in [3.8, 4) is 0 Å². The van der Waals surface area contributed by atoms with E-state index >= 15 is 0 Å². The number of ether oxygens (including phenoxy) is 1. The van der Waals surface area contributed by atoms with E-state index in [-0.39, 0.29) is 12.5 Å². The molecule has 0 saturated carbocycles. The number of likely N-dealkylation sites (N-methyl/N-ethyl adjacent to an activating group) is 1. The van der Waals surface area contributed by atoms with Gasteiger partial charge in [-0.25, -0.2) is 0 Å². The highest BCUT2D eigenvalue weighted by Crippen LogP contribution is 2.12. The van der Waals surface area contributed by atoms with E-state index in [1.54, 1.807) is 0 Å². The zero-order chi connectivity index (χ0) is 14.4. The molecule has 1 aliphatic heterocycles. The minimum absolute atomic E-state index is 0.0864. The molecule has 1 heterocycles. The maximum absolute atomic E-state index is 11.4. The Bertz CT molecular complexity index is 425. The van der Waals surface area contributed by atoms with Crippen molar-refractivity contribution in [3.05, 3.63) is 29.8 Å². The van der Waals surface area contributed by atoms with Crippen LogP contribution in [0.15, 0.2) is 24.3 Å². The number of carbonyl (C=O) groups excluding carboxylic acids is 1. The van der Waals surface area contributed by atoms with E-state index in [0.717, 1.165) is 38.4 Å². The predicted molar refractivity (Wildman–Crippen MR) is 79.7 cm³/mol. The lowest BCUT2D eigenvalue weighted by atomic mass is 10.2. The Hall–Kier alpha value is -1.43. The standard InChI is InChI=1S/C15H23N3O2/c1-17-7-9-18(10-8-17)11-13-3-5-14(6-4-13)16-15(19)12-20-2/h3-6H,7-12H2,1-2H3,(H,16,19). The SMILES string of the molecule is COCC(=O)Nc1ccc(CN2CCN(C)CC2)cc1. The Morgan fingerprint density at radius 3 is 2.45 bits per heavy atom. The monoisotopic (exact) mass is 277 g/mol. The Labute approximate surface area is 120 Å². The summed E-state index contributed by atoms with van der Waals surface area (Å²) < 4.78 is 4.79. The molecule has 1 saturated heterocycles. The molecule has 0 aromatic heterocycles. The maximum Gasteiger partial charge on any atom is 0.250 e. The lowest BCUT2D eigenvalue weighted by Crippen LogP contribution is -2.43. The number of benzene rings is 1. The van der Waals surface area contributed by atoms with Crippen molar-refractivity contribution in [1.29, 1.82) is 0 Å². The van der Waals surface area contributed by atoms with Crippen LogP contribution in [0, 0.1) is 0 Å². The number of carbonyl (C=O) groups is 1. The van der Waals surface area contributed by atoms with Gasteiger partial charge in [-0.3, -0.25) is 9.69 Å². The van der Waals surface area contributed by atoms with E-state index in [1.165, 1.54) is 12.7 Å². The molecule has 1 aromatic rings. The molecule has 0 unspecified atom stereocenters. The predicted octanol–water partition coefficient (Wildman–Crippen LogP) is 1.02. The molecule has 1 fully saturated rings. The van der Waals surface area contributed by atoms with Crippen molar-refractivity contribution >= 4 is 11.6 Å². The first kappa shape index (κ1) is 15.0. The molecule has 20 heavy (non-hydrogen) atoms. The summed E-state index contributed by atoms with van der Waals surface area (Å²) in [6.07, 6.45) is 0. The van der Waals surface area contributed by atoms with Crippen LogP contribution in [-0.2, 0) is 16.1 Å². The molecule has 0 atom stereocenters. The lowest BCUT2D eigenvalue weighted by Gasteiger charge is -2.32. The summed E-state index contributed by atoms with van der Waals surface area (Å²) in [5.74, 6) is -0.126. The van der Waals surface area contributed by atoms with Gasteiger partial charge in [0.2, 0.25) is 5.91 Å². The van der Waals surface area contributed by atoms with Crippen LogP contribution in [-0.4, -0.2) is 62.7 Å². The molecule has 0 bridgehead atoms. The first-order valence-electron chi connectivity index (χ1n) is 6.96. The van der Waals surface area contributed by atoms with Gasteiger partial charge >= 0.3 is 0 Å². The van der Waals surface area contributed by atoms with Crippen LogP contribution in [0.4, 0.5) is 5.69 Å². The smallest absolute Gasteiger partial charge is 0.250 e. The normalized spacial score (nSPS) is 17.1. The van der Waals surface area contributed by atoms with E-state index in [2.05, 4.69) is 34.3 Å². The van der Waals surface area contributed by atoms with Gasteiger partial charge in [-0.15, -0.1) is 0 Å². The maximum atomic E-state index is 11.4. The summed E-state index contributed by atoms with van der Waals surface area (Å²) in [4.78, 5) is 16.2. The second-order valence-corrected chi connectivity index (χ2v) is 5.26. The van der Waals surface area contributed by atoms with Crippen molar-refractivity contribution < 1.29 is 9.53 Å². The van der Waals surface area contributed by atoms with Crippen molar-refractivity contribution in [2.75, 3.05) is 52.3 Å². The number of nitrogens with one attached hydrogen (secondary N) is 1. The van der Waals surface area contributed by atoms with Gasteiger partial charge in [0, 0.05) is 45.5 Å². The highest BCUT2D eigenvalue weighted by molar-refractivity contribution is 5.91. The molecule has 5 heteroatoms. The van der Waals surface area contributed by atoms with Gasteiger partial charge < -0.3 is 15.0 Å². The largest absolute Gasteiger partial charge is 0.375 e. The van der Waals surface area contributed by atoms with E-state index in [4.69, 9.17) is 4.74 Å². The second kappa shape index (κ2) is 7.38. The van der Waals surface area contributed by atoms with Crippen LogP contribution >= 0.6 is 0 Å². The number of methoxy groups -OCH3 is 1. The Kier molecular flexibility index (Phi) is 5.52. The Morgan fingerprint density at radius 1 is 1.20 bits per heavy atom. The summed E-state index contributed by atoms with van der Waals surface area (Å²) in [5.41, 5.74) is 2.09. The number of nitrogens with zero attached hydrogens (tertiary/aromatic N) is 2. The third kappa shape index (κ3) is 4.59. The van der Waals surface area contributed by atoms with Crippen molar-refractivity contribution in [2.24, 2.45) is 0 Å². The first-order chi connectivity index (χ1) is 9.67. The lowest BCUT2D eigenvalue weighted by molar-refractivity contribution is -0.119. The van der Waals surface area contributed by atoms with Gasteiger partial charge in [0.05, 0.1) is 0 Å². The third-order valence-electron chi connectivity index (χ3n) is 3.52. The zero-order valence-corrected chi connectivity index (χ0v) is 12.3. The number of rotatable bonds is 5. The molecule has 0 spiro atoms. The van der Waals surface area contributed by atoms with E-state index in [0.29, 0.717) is 0 Å². The van der Waals surface area contributed by atoms with Crippen molar-refractivity contribution in [3.63, 3.8) is 0 Å². The number of amides is 1. The summed E-state index contributed by atoms with van der Waals surface area (Å²) >= 11 is 0. The van der Waals surface area contributed by atoms with Crippen LogP contribution in [0.5, 0.6) is 0 Å². The molecular weight excluding hydrogens is 254 g/mol. The van der Waals surface area contributed by atoms with Crippen LogP contribution < -0.4 is 5.32 Å². The van der Waals surface area contributed by atoms with Gasteiger partial charge in [0.15, 0.2) is 0 Å². The highest BCUT2D eigenvalue weighted by atomic mass is 16.5. The van der Waals surface area contributed by atoms with Gasteiger partial charge in [-0.1, -0.05) is 12.1 Å². The van der Waals surface area contributed by atoms with E-state index < -0.39 is 0 Å². The molecule has 2 rings (SSSR count). The fourth-order valence-electron chi connectivity index (χ4n) is 2.29. The summed E-state index contributed by atoms with van der Waals surface area (Å²) in [6, 6.07) is 8.03. The third-order valence-corrected chi connectivity index (χ3v) is 3.52. The van der Waals surface area contributed by atoms with Gasteiger partial charge in [-0.2, -0.15) is 0 Å². The molecule has 0 radical (unpaired) electrons. The van der Waals surface area contributed by atoms with Crippen LogP contribution in [0.3, 0.4) is 0 Å². The van der Waals surface area contributed by atoms with Gasteiger partial charge in [-0.05, 0) is 24.7 Å². The molecule has 5 nitrogen and oxygen atoms in total. The fraction of sp³-hybridized carbons (Fsp3) is 0.533. The van der Waals surface area contributed by atoms with Crippen LogP contribution in [0.1, 0.15) is 5.56 Å². The zero-order valence-electron chi connectivity index (χ0n) is 12.3. The molecule has 110 valence electrons. The van der Waals surface area contributed by atoms with E-state index in [1.807, 2.05) is 12.1 Å². The first-order valence-corrected chi connectivity index (χ1v) is 6.96. The molecular formula is C15H23N3O2. The van der Waals surface area contributed by atoms with Crippen molar-refractivity contribution in [1.82, 2.24) is 9.80 Å². The quantitative estimate of drug-likeness (QED) is 0.873. The molecule has 1 amide bonds. The van der Waals surface area contributed by atoms with Crippen LogP contribution in [0.2, 0.25) is 0 Å². The number of anilines is 1. The minimum atomic E-state index is -0.126. The summed E-state index contributed by atoms with van der Waals surface area (Å²) in [7, 11) is 3.67. The Balaban J connectivity index is 1.83. The van der Waals surface area contributed by atoms with Gasteiger partial charge in [0.1, 0.15) is 6.61 Å². The van der Waals surface area contributed by atoms with Crippen LogP contribution in [0.25, 0.3) is 0 Å². The average Bonchev–Trinajstić information content (AvgIpc) is 2.44. The summed E-state index contributed by atoms with van der Waals surface area (Å²) in [6.45, 7) is 5.55. The number of piperazine rings is 1. The Morgan fingerprint density at radius 2 is 1.85 bits per heavy atom. The summed E-state index contributed by atoms with van der Waals surface area (Å²) in [5, 5.41) is 2.80. The number of hydrogen-bond acceptors (Lipinski definition) is 4. The number of hydrogen-bond donors (Lipinski definition) is 1. The fourth-order valence-corrected chi connectivity index (χ4v) is 2.29. The second-order valence-electron chi connectivity index (χ2n) is 5.26.